The molecule has 0 saturated carbocycles. The highest BCUT2D eigenvalue weighted by atomic mass is 16.5. The molecular formula is C22H26N2O2. The molecule has 4 heteroatoms. The maximum absolute atomic E-state index is 12.0. The number of fused-ring (bicyclic) bond motifs is 1. The van der Waals surface area contributed by atoms with Crippen LogP contribution in [0.2, 0.25) is 0 Å². The number of rotatable bonds is 9. The Morgan fingerprint density at radius 3 is 2.88 bits per heavy atom. The standard InChI is InChI=1S/C22H26N2O2/c1-17-7-6-8-19(15-17)26-14-5-4-11-22(25)23-13-12-18-16-24-21-10-3-2-9-20(18)21/h2-3,6-10,15-16,24H,4-5,11-14H2,1H3,(H,23,25). The number of aromatic amines is 1. The number of amides is 1. The Morgan fingerprint density at radius 2 is 2.00 bits per heavy atom. The number of carbonyl (C=O) groups excluding carboxylic acids is 1. The summed E-state index contributed by atoms with van der Waals surface area (Å²) in [6.45, 7) is 3.36. The molecule has 1 aromatic heterocycles. The first-order chi connectivity index (χ1) is 12.7. The summed E-state index contributed by atoms with van der Waals surface area (Å²) in [5, 5.41) is 4.24. The molecule has 0 fully saturated rings. The molecule has 26 heavy (non-hydrogen) atoms. The Hall–Kier alpha value is -2.75. The van der Waals surface area contributed by atoms with E-state index in [0.29, 0.717) is 19.6 Å². The van der Waals surface area contributed by atoms with Crippen molar-refractivity contribution in [1.82, 2.24) is 10.3 Å². The Balaban J connectivity index is 1.30. The van der Waals surface area contributed by atoms with Gasteiger partial charge in [-0.05, 0) is 55.5 Å². The van der Waals surface area contributed by atoms with Crippen LogP contribution in [-0.4, -0.2) is 24.0 Å². The molecule has 0 bridgehead atoms. The predicted molar refractivity (Wildman–Crippen MR) is 106 cm³/mol. The lowest BCUT2D eigenvalue weighted by molar-refractivity contribution is -0.121. The van der Waals surface area contributed by atoms with Crippen LogP contribution >= 0.6 is 0 Å². The highest BCUT2D eigenvalue weighted by molar-refractivity contribution is 5.83. The number of hydrogen-bond acceptors (Lipinski definition) is 2. The second-order valence-electron chi connectivity index (χ2n) is 6.58. The second-order valence-corrected chi connectivity index (χ2v) is 6.58. The number of hydrogen-bond donors (Lipinski definition) is 2. The Labute approximate surface area is 154 Å². The molecule has 3 rings (SSSR count). The molecule has 136 valence electrons. The molecular weight excluding hydrogens is 324 g/mol. The van der Waals surface area contributed by atoms with Gasteiger partial charge in [-0.25, -0.2) is 0 Å². The maximum atomic E-state index is 12.0. The van der Waals surface area contributed by atoms with Crippen molar-refractivity contribution in [1.29, 1.82) is 0 Å². The first-order valence-electron chi connectivity index (χ1n) is 9.23. The van der Waals surface area contributed by atoms with E-state index in [9.17, 15) is 4.79 Å². The van der Waals surface area contributed by atoms with Crippen LogP contribution in [-0.2, 0) is 11.2 Å². The quantitative estimate of drug-likeness (QED) is 0.563. The van der Waals surface area contributed by atoms with Gasteiger partial charge < -0.3 is 15.0 Å². The maximum Gasteiger partial charge on any atom is 0.220 e. The number of ether oxygens (including phenoxy) is 1. The van der Waals surface area contributed by atoms with E-state index in [-0.39, 0.29) is 5.91 Å². The molecule has 0 unspecified atom stereocenters. The third-order valence-corrected chi connectivity index (χ3v) is 4.45. The van der Waals surface area contributed by atoms with Crippen LogP contribution < -0.4 is 10.1 Å². The van der Waals surface area contributed by atoms with Gasteiger partial charge in [0.25, 0.3) is 0 Å². The SMILES string of the molecule is Cc1cccc(OCCCCC(=O)NCCc2c[nH]c3ccccc23)c1. The van der Waals surface area contributed by atoms with Gasteiger partial charge in [0, 0.05) is 30.1 Å². The second kappa shape index (κ2) is 9.09. The lowest BCUT2D eigenvalue weighted by Crippen LogP contribution is -2.25. The van der Waals surface area contributed by atoms with Crippen molar-refractivity contribution in [2.75, 3.05) is 13.2 Å². The van der Waals surface area contributed by atoms with Crippen molar-refractivity contribution in [3.63, 3.8) is 0 Å². The molecule has 2 N–H and O–H groups in total. The van der Waals surface area contributed by atoms with Gasteiger partial charge in [0.15, 0.2) is 0 Å². The minimum Gasteiger partial charge on any atom is -0.494 e. The van der Waals surface area contributed by atoms with E-state index in [1.54, 1.807) is 0 Å². The lowest BCUT2D eigenvalue weighted by atomic mass is 10.1. The summed E-state index contributed by atoms with van der Waals surface area (Å²) in [6, 6.07) is 16.3. The molecule has 2 aromatic carbocycles. The molecule has 0 aliphatic carbocycles. The van der Waals surface area contributed by atoms with E-state index in [2.05, 4.69) is 22.4 Å². The largest absolute Gasteiger partial charge is 0.494 e. The number of H-pyrrole nitrogens is 1. The number of aromatic nitrogens is 1. The average molecular weight is 350 g/mol. The predicted octanol–water partition coefficient (Wildman–Crippen LogP) is 4.38. The molecule has 0 atom stereocenters. The molecule has 0 saturated heterocycles. The molecule has 0 spiro atoms. The molecule has 3 aromatic rings. The average Bonchev–Trinajstić information content (AvgIpc) is 3.05. The monoisotopic (exact) mass is 350 g/mol. The third-order valence-electron chi connectivity index (χ3n) is 4.45. The van der Waals surface area contributed by atoms with Gasteiger partial charge in [-0.2, -0.15) is 0 Å². The van der Waals surface area contributed by atoms with Crippen LogP contribution in [0.15, 0.2) is 54.7 Å². The minimum absolute atomic E-state index is 0.111. The number of benzene rings is 2. The highest BCUT2D eigenvalue weighted by Crippen LogP contribution is 2.17. The smallest absolute Gasteiger partial charge is 0.220 e. The van der Waals surface area contributed by atoms with E-state index in [0.717, 1.165) is 30.5 Å². The van der Waals surface area contributed by atoms with Gasteiger partial charge in [-0.3, -0.25) is 4.79 Å². The lowest BCUT2D eigenvalue weighted by Gasteiger charge is -2.07. The van der Waals surface area contributed by atoms with Gasteiger partial charge in [-0.1, -0.05) is 30.3 Å². The van der Waals surface area contributed by atoms with Crippen LogP contribution in [0.4, 0.5) is 0 Å². The fourth-order valence-corrected chi connectivity index (χ4v) is 3.05. The van der Waals surface area contributed by atoms with Gasteiger partial charge in [0.1, 0.15) is 5.75 Å². The van der Waals surface area contributed by atoms with Crippen LogP contribution in [0.1, 0.15) is 30.4 Å². The van der Waals surface area contributed by atoms with E-state index >= 15 is 0 Å². The number of para-hydroxylation sites is 1. The Bertz CT molecular complexity index is 854. The summed E-state index contributed by atoms with van der Waals surface area (Å²) in [5.41, 5.74) is 3.58. The van der Waals surface area contributed by atoms with Crippen LogP contribution in [0.5, 0.6) is 5.75 Å². The first kappa shape index (κ1) is 18.1. The summed E-state index contributed by atoms with van der Waals surface area (Å²) < 4.78 is 5.70. The molecule has 1 amide bonds. The van der Waals surface area contributed by atoms with Gasteiger partial charge in [-0.15, -0.1) is 0 Å². The van der Waals surface area contributed by atoms with Gasteiger partial charge >= 0.3 is 0 Å². The summed E-state index contributed by atoms with van der Waals surface area (Å²) in [4.78, 5) is 15.2. The summed E-state index contributed by atoms with van der Waals surface area (Å²) in [5.74, 6) is 1.01. The van der Waals surface area contributed by atoms with Crippen molar-refractivity contribution in [3.8, 4) is 5.75 Å². The van der Waals surface area contributed by atoms with Crippen molar-refractivity contribution in [2.24, 2.45) is 0 Å². The molecule has 0 radical (unpaired) electrons. The van der Waals surface area contributed by atoms with E-state index in [4.69, 9.17) is 4.74 Å². The van der Waals surface area contributed by atoms with Crippen molar-refractivity contribution in [2.45, 2.75) is 32.6 Å². The molecule has 1 heterocycles. The summed E-state index contributed by atoms with van der Waals surface area (Å²) in [6.07, 6.45) is 5.13. The summed E-state index contributed by atoms with van der Waals surface area (Å²) >= 11 is 0. The van der Waals surface area contributed by atoms with Crippen molar-refractivity contribution in [3.05, 3.63) is 65.9 Å². The third kappa shape index (κ3) is 5.12. The summed E-state index contributed by atoms with van der Waals surface area (Å²) in [7, 11) is 0. The first-order valence-corrected chi connectivity index (χ1v) is 9.23. The zero-order valence-electron chi connectivity index (χ0n) is 15.3. The fraction of sp³-hybridized carbons (Fsp3) is 0.318. The van der Waals surface area contributed by atoms with Gasteiger partial charge in [0.05, 0.1) is 6.61 Å². The van der Waals surface area contributed by atoms with E-state index in [1.807, 2.05) is 49.5 Å². The topological polar surface area (TPSA) is 54.1 Å². The zero-order chi connectivity index (χ0) is 18.2. The van der Waals surface area contributed by atoms with E-state index < -0.39 is 0 Å². The van der Waals surface area contributed by atoms with Crippen LogP contribution in [0.3, 0.4) is 0 Å². The number of nitrogens with one attached hydrogen (secondary N) is 2. The van der Waals surface area contributed by atoms with Gasteiger partial charge in [0.2, 0.25) is 5.91 Å². The minimum atomic E-state index is 0.111. The van der Waals surface area contributed by atoms with Crippen molar-refractivity contribution >= 4 is 16.8 Å². The molecule has 0 aliphatic rings. The van der Waals surface area contributed by atoms with Crippen molar-refractivity contribution < 1.29 is 9.53 Å². The Morgan fingerprint density at radius 1 is 1.12 bits per heavy atom. The molecule has 0 aliphatic heterocycles. The zero-order valence-corrected chi connectivity index (χ0v) is 15.3. The van der Waals surface area contributed by atoms with Crippen LogP contribution in [0, 0.1) is 6.92 Å². The fourth-order valence-electron chi connectivity index (χ4n) is 3.05. The Kier molecular flexibility index (Phi) is 6.31. The number of unbranched alkanes of at least 4 members (excludes halogenated alkanes) is 1. The van der Waals surface area contributed by atoms with E-state index in [1.165, 1.54) is 16.5 Å². The normalized spacial score (nSPS) is 10.8. The van der Waals surface area contributed by atoms with Crippen LogP contribution in [0.25, 0.3) is 10.9 Å². The molecule has 4 nitrogen and oxygen atoms in total. The highest BCUT2D eigenvalue weighted by Gasteiger charge is 2.05. The number of carbonyl (C=O) groups is 1. The number of aryl methyl sites for hydroxylation is 1.